The number of ether oxygens (including phenoxy) is 1. The summed E-state index contributed by atoms with van der Waals surface area (Å²) in [6.45, 7) is 1.17. The smallest absolute Gasteiger partial charge is 0.310 e. The third-order valence-corrected chi connectivity index (χ3v) is 7.90. The quantitative estimate of drug-likeness (QED) is 0.193. The zero-order valence-electron chi connectivity index (χ0n) is 22.8. The number of anilines is 1. The first-order valence-electron chi connectivity index (χ1n) is 14.0. The van der Waals surface area contributed by atoms with Crippen molar-refractivity contribution in [1.29, 1.82) is 0 Å². The summed E-state index contributed by atoms with van der Waals surface area (Å²) >= 11 is 3.47. The highest BCUT2D eigenvalue weighted by atomic mass is 79.9. The fraction of sp³-hybridized carbons (Fsp3) is 0.364. The first-order chi connectivity index (χ1) is 19.4. The number of hydrogen-bond donors (Lipinski definition) is 2. The third kappa shape index (κ3) is 9.14. The highest BCUT2D eigenvalue weighted by Crippen LogP contribution is 2.39. The first-order valence-corrected chi connectivity index (χ1v) is 14.8. The molecule has 0 atom stereocenters. The van der Waals surface area contributed by atoms with E-state index in [-0.39, 0.29) is 12.3 Å². The van der Waals surface area contributed by atoms with Gasteiger partial charge in [-0.15, -0.1) is 0 Å². The lowest BCUT2D eigenvalue weighted by atomic mass is 9.71. The number of carbonyl (C=O) groups is 2. The summed E-state index contributed by atoms with van der Waals surface area (Å²) in [6.07, 6.45) is 10.9. The molecule has 2 N–H and O–H groups in total. The molecule has 0 unspecified atom stereocenters. The second-order valence-electron chi connectivity index (χ2n) is 10.5. The van der Waals surface area contributed by atoms with Crippen molar-refractivity contribution in [2.75, 3.05) is 11.9 Å². The molecule has 40 heavy (non-hydrogen) atoms. The van der Waals surface area contributed by atoms with Crippen LogP contribution in [0.25, 0.3) is 12.2 Å². The summed E-state index contributed by atoms with van der Waals surface area (Å²) in [5.41, 5.74) is 3.66. The van der Waals surface area contributed by atoms with Gasteiger partial charge in [0.05, 0.1) is 23.4 Å². The zero-order chi connectivity index (χ0) is 28.2. The van der Waals surface area contributed by atoms with Crippen LogP contribution in [0.5, 0.6) is 0 Å². The number of aryl methyl sites for hydroxylation is 1. The maximum Gasteiger partial charge on any atom is 0.310 e. The molecule has 1 saturated carbocycles. The van der Waals surface area contributed by atoms with Gasteiger partial charge in [-0.3, -0.25) is 14.6 Å². The van der Waals surface area contributed by atoms with Crippen LogP contribution in [-0.4, -0.2) is 28.6 Å². The minimum atomic E-state index is -0.944. The molecule has 1 fully saturated rings. The van der Waals surface area contributed by atoms with Gasteiger partial charge in [0.1, 0.15) is 0 Å². The van der Waals surface area contributed by atoms with E-state index in [2.05, 4.69) is 50.5 Å². The number of amides is 1. The van der Waals surface area contributed by atoms with E-state index < -0.39 is 11.4 Å². The normalized spacial score (nSPS) is 14.7. The highest BCUT2D eigenvalue weighted by Gasteiger charge is 2.41. The first kappa shape index (κ1) is 29.7. The van der Waals surface area contributed by atoms with Crippen LogP contribution in [0.2, 0.25) is 0 Å². The molecule has 1 heterocycles. The number of rotatable bonds is 13. The Kier molecular flexibility index (Phi) is 11.1. The number of aromatic nitrogens is 1. The van der Waals surface area contributed by atoms with Gasteiger partial charge in [-0.25, -0.2) is 0 Å². The number of benzene rings is 2. The standard InChI is InChI=1S/C33H37BrN2O4/c34-27-16-13-25(14-17-27)8-2-5-21-40-24-30-12-7-10-28(35-30)18-15-26-9-6-11-29(22-26)36-31(37)23-33(32(38)39)19-3-1-4-20-33/h6-7,9-18,22H,1-5,8,19-21,23-24H2,(H,36,37)(H,38,39)/b18-15+. The summed E-state index contributed by atoms with van der Waals surface area (Å²) in [6, 6.07) is 21.8. The van der Waals surface area contributed by atoms with Gasteiger partial charge in [-0.05, 0) is 85.7 Å². The monoisotopic (exact) mass is 604 g/mol. The van der Waals surface area contributed by atoms with Gasteiger partial charge in [-0.2, -0.15) is 0 Å². The molecule has 0 spiro atoms. The van der Waals surface area contributed by atoms with Crippen molar-refractivity contribution in [3.63, 3.8) is 0 Å². The minimum Gasteiger partial charge on any atom is -0.481 e. The molecule has 7 heteroatoms. The molecule has 1 aliphatic carbocycles. The van der Waals surface area contributed by atoms with Crippen LogP contribution in [0.3, 0.4) is 0 Å². The van der Waals surface area contributed by atoms with E-state index in [1.807, 2.05) is 54.6 Å². The Bertz CT molecular complexity index is 1300. The lowest BCUT2D eigenvalue weighted by molar-refractivity contribution is -0.153. The van der Waals surface area contributed by atoms with Crippen LogP contribution < -0.4 is 5.32 Å². The molecule has 0 radical (unpaired) electrons. The fourth-order valence-corrected chi connectivity index (χ4v) is 5.41. The van der Waals surface area contributed by atoms with Crippen LogP contribution in [0, 0.1) is 5.41 Å². The van der Waals surface area contributed by atoms with Crippen LogP contribution >= 0.6 is 15.9 Å². The molecule has 1 aromatic heterocycles. The Labute approximate surface area is 245 Å². The van der Waals surface area contributed by atoms with Gasteiger partial charge in [0, 0.05) is 23.2 Å². The second kappa shape index (κ2) is 14.9. The summed E-state index contributed by atoms with van der Waals surface area (Å²) in [4.78, 5) is 29.3. The number of carboxylic acid groups (broad SMARTS) is 1. The van der Waals surface area contributed by atoms with Gasteiger partial charge in [0.2, 0.25) is 5.91 Å². The summed E-state index contributed by atoms with van der Waals surface area (Å²) < 4.78 is 6.95. The van der Waals surface area contributed by atoms with Crippen molar-refractivity contribution in [2.24, 2.45) is 5.41 Å². The van der Waals surface area contributed by atoms with Crippen molar-refractivity contribution in [3.8, 4) is 0 Å². The Morgan fingerprint density at radius 1 is 0.975 bits per heavy atom. The van der Waals surface area contributed by atoms with E-state index in [4.69, 9.17) is 4.74 Å². The number of halogens is 1. The second-order valence-corrected chi connectivity index (χ2v) is 11.4. The highest BCUT2D eigenvalue weighted by molar-refractivity contribution is 9.10. The van der Waals surface area contributed by atoms with Crippen LogP contribution in [-0.2, 0) is 27.4 Å². The van der Waals surface area contributed by atoms with Crippen LogP contribution in [0.1, 0.15) is 73.9 Å². The molecular weight excluding hydrogens is 568 g/mol. The van der Waals surface area contributed by atoms with E-state index in [1.54, 1.807) is 0 Å². The number of carboxylic acids is 1. The molecule has 2 aromatic carbocycles. The maximum absolute atomic E-state index is 12.7. The minimum absolute atomic E-state index is 0.00632. The van der Waals surface area contributed by atoms with Crippen molar-refractivity contribution < 1.29 is 19.4 Å². The maximum atomic E-state index is 12.7. The zero-order valence-corrected chi connectivity index (χ0v) is 24.4. The Hall–Kier alpha value is -3.29. The number of carbonyl (C=O) groups excluding carboxylic acids is 1. The molecule has 6 nitrogen and oxygen atoms in total. The molecule has 210 valence electrons. The topological polar surface area (TPSA) is 88.5 Å². The number of nitrogens with one attached hydrogen (secondary N) is 1. The van der Waals surface area contributed by atoms with E-state index in [0.29, 0.717) is 31.7 Å². The predicted octanol–water partition coefficient (Wildman–Crippen LogP) is 7.92. The molecule has 0 bridgehead atoms. The average Bonchev–Trinajstić information content (AvgIpc) is 2.95. The van der Waals surface area contributed by atoms with E-state index in [9.17, 15) is 14.7 Å². The van der Waals surface area contributed by atoms with E-state index in [0.717, 1.165) is 59.9 Å². The molecule has 0 saturated heterocycles. The third-order valence-electron chi connectivity index (χ3n) is 7.38. The number of pyridine rings is 1. The average molecular weight is 606 g/mol. The lowest BCUT2D eigenvalue weighted by Gasteiger charge is -2.32. The molecule has 1 aliphatic rings. The van der Waals surface area contributed by atoms with Gasteiger partial charge in [-0.1, -0.05) is 71.6 Å². The molecule has 3 aromatic rings. The summed E-state index contributed by atoms with van der Waals surface area (Å²) in [5.74, 6) is -1.12. The Morgan fingerprint density at radius 2 is 1.75 bits per heavy atom. The molecule has 4 rings (SSSR count). The van der Waals surface area contributed by atoms with Crippen LogP contribution in [0.4, 0.5) is 5.69 Å². The number of hydrogen-bond acceptors (Lipinski definition) is 4. The number of nitrogens with zero attached hydrogens (tertiary/aromatic N) is 1. The van der Waals surface area contributed by atoms with Gasteiger partial charge in [0.25, 0.3) is 0 Å². The van der Waals surface area contributed by atoms with E-state index in [1.165, 1.54) is 5.56 Å². The van der Waals surface area contributed by atoms with Crippen molar-refractivity contribution in [1.82, 2.24) is 4.98 Å². The Balaban J connectivity index is 1.24. The molecule has 1 amide bonds. The van der Waals surface area contributed by atoms with Crippen molar-refractivity contribution >= 4 is 45.6 Å². The number of unbranched alkanes of at least 4 members (excludes halogenated alkanes) is 1. The predicted molar refractivity (Wildman–Crippen MR) is 163 cm³/mol. The Morgan fingerprint density at radius 3 is 2.52 bits per heavy atom. The van der Waals surface area contributed by atoms with Gasteiger partial charge >= 0.3 is 5.97 Å². The summed E-state index contributed by atoms with van der Waals surface area (Å²) in [5, 5.41) is 12.7. The van der Waals surface area contributed by atoms with E-state index >= 15 is 0 Å². The molecular formula is C33H37BrN2O4. The lowest BCUT2D eigenvalue weighted by Crippen LogP contribution is -2.37. The largest absolute Gasteiger partial charge is 0.481 e. The van der Waals surface area contributed by atoms with Gasteiger partial charge < -0.3 is 15.2 Å². The molecule has 0 aliphatic heterocycles. The number of aliphatic carboxylic acids is 1. The summed E-state index contributed by atoms with van der Waals surface area (Å²) in [7, 11) is 0. The van der Waals surface area contributed by atoms with Crippen molar-refractivity contribution in [3.05, 3.63) is 93.7 Å². The van der Waals surface area contributed by atoms with Crippen molar-refractivity contribution in [2.45, 2.75) is 64.4 Å². The van der Waals surface area contributed by atoms with Crippen LogP contribution in [0.15, 0.2) is 71.2 Å². The SMILES string of the molecule is O=C(CC1(C(=O)O)CCCCC1)Nc1cccc(/C=C/c2cccc(COCCCCc3ccc(Br)cc3)n2)c1. The fourth-order valence-electron chi connectivity index (χ4n) is 5.14. The van der Waals surface area contributed by atoms with Gasteiger partial charge in [0.15, 0.2) is 0 Å².